The first kappa shape index (κ1) is 17.4. The molecule has 3 aromatic rings. The second kappa shape index (κ2) is 6.92. The van der Waals surface area contributed by atoms with E-state index in [0.29, 0.717) is 39.5 Å². The van der Waals surface area contributed by atoms with Crippen molar-refractivity contribution < 1.29 is 9.13 Å². The molecule has 136 valence electrons. The summed E-state index contributed by atoms with van der Waals surface area (Å²) in [6.07, 6.45) is 6.30. The highest BCUT2D eigenvalue weighted by Gasteiger charge is 2.22. The molecule has 1 atom stereocenters. The molecule has 0 bridgehead atoms. The van der Waals surface area contributed by atoms with Crippen LogP contribution in [0.4, 0.5) is 15.9 Å². The number of aryl methyl sites for hydroxylation is 1. The number of hydrogen-bond acceptors (Lipinski definition) is 5. The third-order valence-corrected chi connectivity index (χ3v) is 5.22. The van der Waals surface area contributed by atoms with Gasteiger partial charge in [0.05, 0.1) is 21.9 Å². The number of ether oxygens (including phenoxy) is 1. The van der Waals surface area contributed by atoms with Crippen LogP contribution in [0, 0.1) is 19.7 Å². The van der Waals surface area contributed by atoms with E-state index in [1.807, 2.05) is 6.92 Å². The van der Waals surface area contributed by atoms with Crippen molar-refractivity contribution in [2.75, 3.05) is 11.9 Å². The molecule has 1 fully saturated rings. The van der Waals surface area contributed by atoms with Crippen molar-refractivity contribution >= 4 is 38.3 Å². The summed E-state index contributed by atoms with van der Waals surface area (Å²) in [5.41, 5.74) is 1.88. The number of rotatable bonds is 3. The lowest BCUT2D eigenvalue weighted by atomic mass is 10.1. The molecule has 1 saturated heterocycles. The fourth-order valence-corrected chi connectivity index (χ4v) is 3.52. The molecular formula is C18H19BrFN5O. The van der Waals surface area contributed by atoms with Gasteiger partial charge in [-0.05, 0) is 49.0 Å². The smallest absolute Gasteiger partial charge is 0.150 e. The number of fused-ring (bicyclic) bond motifs is 1. The zero-order valence-electron chi connectivity index (χ0n) is 14.6. The standard InChI is InChI=1S/C18H19BrFN5O/c1-10-14(20)7-15-12(8-22-25(15)16-5-3-4-6-26-16)17(10)24-18-13(19)9-21-11(2)23-18/h7-9,16H,3-6H2,1-2H3,(H,21,23,24). The molecule has 3 heterocycles. The van der Waals surface area contributed by atoms with Gasteiger partial charge in [-0.15, -0.1) is 0 Å². The Kier molecular flexibility index (Phi) is 4.62. The highest BCUT2D eigenvalue weighted by atomic mass is 79.9. The van der Waals surface area contributed by atoms with Gasteiger partial charge in [0.1, 0.15) is 17.5 Å². The Morgan fingerprint density at radius 3 is 2.92 bits per heavy atom. The van der Waals surface area contributed by atoms with E-state index in [2.05, 4.69) is 36.3 Å². The van der Waals surface area contributed by atoms with Gasteiger partial charge in [-0.25, -0.2) is 19.0 Å². The Morgan fingerprint density at radius 1 is 1.31 bits per heavy atom. The molecule has 1 N–H and O–H groups in total. The molecule has 2 aromatic heterocycles. The molecule has 1 aliphatic rings. The van der Waals surface area contributed by atoms with E-state index in [9.17, 15) is 4.39 Å². The van der Waals surface area contributed by atoms with Gasteiger partial charge in [-0.2, -0.15) is 5.10 Å². The molecule has 1 aliphatic heterocycles. The first-order valence-corrected chi connectivity index (χ1v) is 9.38. The van der Waals surface area contributed by atoms with Crippen LogP contribution in [-0.4, -0.2) is 26.4 Å². The molecule has 0 amide bonds. The second-order valence-electron chi connectivity index (χ2n) is 6.44. The monoisotopic (exact) mass is 419 g/mol. The summed E-state index contributed by atoms with van der Waals surface area (Å²) in [5.74, 6) is 0.931. The molecule has 1 aromatic carbocycles. The second-order valence-corrected chi connectivity index (χ2v) is 7.29. The number of nitrogens with zero attached hydrogens (tertiary/aromatic N) is 4. The number of nitrogens with one attached hydrogen (secondary N) is 1. The SMILES string of the molecule is Cc1ncc(Br)c(Nc2c(C)c(F)cc3c2cnn3C2CCCCO2)n1. The van der Waals surface area contributed by atoms with E-state index in [4.69, 9.17) is 4.74 Å². The highest BCUT2D eigenvalue weighted by molar-refractivity contribution is 9.10. The Morgan fingerprint density at radius 2 is 2.15 bits per heavy atom. The molecule has 6 nitrogen and oxygen atoms in total. The Bertz CT molecular complexity index is 968. The van der Waals surface area contributed by atoms with E-state index in [0.717, 1.165) is 24.6 Å². The molecule has 0 spiro atoms. The molecule has 1 unspecified atom stereocenters. The minimum absolute atomic E-state index is 0.149. The first-order valence-electron chi connectivity index (χ1n) is 8.58. The summed E-state index contributed by atoms with van der Waals surface area (Å²) < 4.78 is 23.0. The van der Waals surface area contributed by atoms with Crippen LogP contribution >= 0.6 is 15.9 Å². The zero-order chi connectivity index (χ0) is 18.3. The Balaban J connectivity index is 1.82. The number of benzene rings is 1. The van der Waals surface area contributed by atoms with Crippen LogP contribution in [0.3, 0.4) is 0 Å². The maximum absolute atomic E-state index is 14.7. The zero-order valence-corrected chi connectivity index (χ0v) is 16.2. The molecule has 26 heavy (non-hydrogen) atoms. The summed E-state index contributed by atoms with van der Waals surface area (Å²) in [6, 6.07) is 1.53. The molecule has 0 aliphatic carbocycles. The summed E-state index contributed by atoms with van der Waals surface area (Å²) >= 11 is 3.44. The maximum atomic E-state index is 14.7. The van der Waals surface area contributed by atoms with Crippen molar-refractivity contribution in [1.82, 2.24) is 19.7 Å². The lowest BCUT2D eigenvalue weighted by Gasteiger charge is -2.23. The van der Waals surface area contributed by atoms with Crippen LogP contribution < -0.4 is 5.32 Å². The third-order valence-electron chi connectivity index (χ3n) is 4.64. The largest absolute Gasteiger partial charge is 0.356 e. The minimum atomic E-state index is -0.292. The van der Waals surface area contributed by atoms with Gasteiger partial charge in [0.15, 0.2) is 6.23 Å². The van der Waals surface area contributed by atoms with Crippen molar-refractivity contribution in [2.24, 2.45) is 0 Å². The molecular weight excluding hydrogens is 401 g/mol. The molecule has 0 radical (unpaired) electrons. The van der Waals surface area contributed by atoms with Crippen LogP contribution in [0.5, 0.6) is 0 Å². The summed E-state index contributed by atoms with van der Waals surface area (Å²) in [6.45, 7) is 4.26. The molecule has 8 heteroatoms. The predicted octanol–water partition coefficient (Wildman–Crippen LogP) is 4.79. The van der Waals surface area contributed by atoms with E-state index >= 15 is 0 Å². The van der Waals surface area contributed by atoms with Crippen LogP contribution in [-0.2, 0) is 4.74 Å². The molecule has 0 saturated carbocycles. The number of aromatic nitrogens is 4. The van der Waals surface area contributed by atoms with Gasteiger partial charge in [0.2, 0.25) is 0 Å². The van der Waals surface area contributed by atoms with Crippen molar-refractivity contribution in [3.8, 4) is 0 Å². The van der Waals surface area contributed by atoms with Crippen LogP contribution in [0.25, 0.3) is 10.9 Å². The van der Waals surface area contributed by atoms with Crippen LogP contribution in [0.1, 0.15) is 36.9 Å². The van der Waals surface area contributed by atoms with Gasteiger partial charge < -0.3 is 10.1 Å². The van der Waals surface area contributed by atoms with Gasteiger partial charge in [-0.3, -0.25) is 0 Å². The summed E-state index contributed by atoms with van der Waals surface area (Å²) in [4.78, 5) is 8.54. The van der Waals surface area contributed by atoms with Gasteiger partial charge in [-0.1, -0.05) is 0 Å². The van der Waals surface area contributed by atoms with Crippen molar-refractivity contribution in [3.05, 3.63) is 40.1 Å². The van der Waals surface area contributed by atoms with Crippen LogP contribution in [0.15, 0.2) is 22.9 Å². The fourth-order valence-electron chi connectivity index (χ4n) is 3.23. The normalized spacial score (nSPS) is 17.6. The summed E-state index contributed by atoms with van der Waals surface area (Å²) in [7, 11) is 0. The Hall–Kier alpha value is -2.06. The van der Waals surface area contributed by atoms with Crippen molar-refractivity contribution in [3.63, 3.8) is 0 Å². The predicted molar refractivity (Wildman–Crippen MR) is 101 cm³/mol. The minimum Gasteiger partial charge on any atom is -0.356 e. The van der Waals surface area contributed by atoms with Gasteiger partial charge in [0, 0.05) is 29.8 Å². The Labute approximate surface area is 158 Å². The van der Waals surface area contributed by atoms with E-state index < -0.39 is 0 Å². The number of hydrogen-bond donors (Lipinski definition) is 1. The lowest BCUT2D eigenvalue weighted by Crippen LogP contribution is -2.19. The van der Waals surface area contributed by atoms with Gasteiger partial charge >= 0.3 is 0 Å². The van der Waals surface area contributed by atoms with E-state index in [-0.39, 0.29) is 12.0 Å². The first-order chi connectivity index (χ1) is 12.5. The summed E-state index contributed by atoms with van der Waals surface area (Å²) in [5, 5.41) is 8.57. The average Bonchev–Trinajstić information content (AvgIpc) is 3.06. The number of halogens is 2. The highest BCUT2D eigenvalue weighted by Crippen LogP contribution is 2.35. The van der Waals surface area contributed by atoms with Crippen LogP contribution in [0.2, 0.25) is 0 Å². The maximum Gasteiger partial charge on any atom is 0.150 e. The van der Waals surface area contributed by atoms with Crippen molar-refractivity contribution in [1.29, 1.82) is 0 Å². The topological polar surface area (TPSA) is 64.9 Å². The van der Waals surface area contributed by atoms with Crippen molar-refractivity contribution in [2.45, 2.75) is 39.3 Å². The van der Waals surface area contributed by atoms with E-state index in [1.54, 1.807) is 24.0 Å². The number of anilines is 2. The van der Waals surface area contributed by atoms with E-state index in [1.165, 1.54) is 6.07 Å². The quantitative estimate of drug-likeness (QED) is 0.660. The lowest BCUT2D eigenvalue weighted by molar-refractivity contribution is -0.0366. The fraction of sp³-hybridized carbons (Fsp3) is 0.389. The van der Waals surface area contributed by atoms with Gasteiger partial charge in [0.25, 0.3) is 0 Å². The third kappa shape index (κ3) is 3.07. The molecule has 4 rings (SSSR count). The average molecular weight is 420 g/mol.